The first kappa shape index (κ1) is 13.4. The Bertz CT molecular complexity index is 540. The molecule has 1 aliphatic heterocycles. The molecular weight excluding hydrogens is 261 g/mol. The number of Topliss-reactive ketones (excluding diaryl/α,β-unsaturated/α-hetero) is 1. The summed E-state index contributed by atoms with van der Waals surface area (Å²) in [5, 5.41) is 2.58. The molecule has 0 saturated heterocycles. The lowest BCUT2D eigenvalue weighted by molar-refractivity contribution is -0.125. The lowest BCUT2D eigenvalue weighted by atomic mass is 10.0. The molecule has 102 valence electrons. The first-order valence-electron chi connectivity index (χ1n) is 5.51. The number of rotatable bonds is 2. The van der Waals surface area contributed by atoms with E-state index in [9.17, 15) is 22.8 Å². The molecule has 0 aliphatic carbocycles. The van der Waals surface area contributed by atoms with Crippen LogP contribution in [-0.2, 0) is 6.54 Å². The fourth-order valence-electron chi connectivity index (χ4n) is 1.84. The Kier molecular flexibility index (Phi) is 3.21. The summed E-state index contributed by atoms with van der Waals surface area (Å²) in [5.74, 6) is -0.977. The van der Waals surface area contributed by atoms with Gasteiger partial charge in [0.15, 0.2) is 5.78 Å². The van der Waals surface area contributed by atoms with Gasteiger partial charge in [0.05, 0.1) is 0 Å². The van der Waals surface area contributed by atoms with Crippen molar-refractivity contribution in [2.75, 3.05) is 12.4 Å². The molecule has 1 aromatic carbocycles. The van der Waals surface area contributed by atoms with Crippen molar-refractivity contribution < 1.29 is 22.8 Å². The third-order valence-corrected chi connectivity index (χ3v) is 2.78. The van der Waals surface area contributed by atoms with E-state index >= 15 is 0 Å². The van der Waals surface area contributed by atoms with E-state index in [0.29, 0.717) is 11.3 Å². The minimum Gasteiger partial charge on any atom is -0.323 e. The number of ketones is 1. The van der Waals surface area contributed by atoms with E-state index in [1.54, 1.807) is 7.05 Å². The van der Waals surface area contributed by atoms with Crippen molar-refractivity contribution in [1.29, 1.82) is 0 Å². The van der Waals surface area contributed by atoms with Crippen molar-refractivity contribution in [1.82, 2.24) is 4.90 Å². The van der Waals surface area contributed by atoms with Gasteiger partial charge in [-0.2, -0.15) is 13.2 Å². The van der Waals surface area contributed by atoms with E-state index in [0.717, 1.165) is 0 Å². The minimum absolute atomic E-state index is 0.000578. The van der Waals surface area contributed by atoms with E-state index in [1.807, 2.05) is 0 Å². The smallest absolute Gasteiger partial charge is 0.323 e. The topological polar surface area (TPSA) is 49.4 Å². The summed E-state index contributed by atoms with van der Waals surface area (Å²) in [6.45, 7) is 0.258. The van der Waals surface area contributed by atoms with Crippen LogP contribution in [0.4, 0.5) is 23.7 Å². The maximum Gasteiger partial charge on any atom is 0.396 e. The van der Waals surface area contributed by atoms with Gasteiger partial charge in [-0.05, 0) is 23.8 Å². The molecule has 0 radical (unpaired) electrons. The average molecular weight is 272 g/mol. The summed E-state index contributed by atoms with van der Waals surface area (Å²) < 4.78 is 36.5. The first-order chi connectivity index (χ1) is 8.76. The minimum atomic E-state index is -4.52. The molecule has 4 nitrogen and oxygen atoms in total. The zero-order valence-corrected chi connectivity index (χ0v) is 10.0. The van der Waals surface area contributed by atoms with E-state index < -0.39 is 18.4 Å². The molecule has 2 rings (SSSR count). The predicted molar refractivity (Wildman–Crippen MR) is 61.9 cm³/mol. The van der Waals surface area contributed by atoms with E-state index in [2.05, 4.69) is 5.32 Å². The molecule has 2 amide bonds. The number of amides is 2. The monoisotopic (exact) mass is 272 g/mol. The second kappa shape index (κ2) is 4.56. The molecule has 7 heteroatoms. The van der Waals surface area contributed by atoms with Crippen LogP contribution < -0.4 is 5.32 Å². The number of hydrogen-bond acceptors (Lipinski definition) is 2. The fraction of sp³-hybridized carbons (Fsp3) is 0.333. The van der Waals surface area contributed by atoms with Crippen LogP contribution in [0.25, 0.3) is 0 Å². The number of halogens is 3. The molecule has 0 saturated carbocycles. The molecule has 0 fully saturated rings. The van der Waals surface area contributed by atoms with Crippen molar-refractivity contribution in [3.05, 3.63) is 29.3 Å². The summed E-state index contributed by atoms with van der Waals surface area (Å²) in [6.07, 6.45) is -5.99. The van der Waals surface area contributed by atoms with Gasteiger partial charge in [-0.3, -0.25) is 4.79 Å². The normalized spacial score (nSPS) is 14.9. The summed E-state index contributed by atoms with van der Waals surface area (Å²) in [5.41, 5.74) is 1.14. The zero-order valence-electron chi connectivity index (χ0n) is 10.0. The first-order valence-corrected chi connectivity index (χ1v) is 5.51. The number of nitrogens with zero attached hydrogens (tertiary/aromatic N) is 1. The summed E-state index contributed by atoms with van der Waals surface area (Å²) in [4.78, 5) is 24.2. The predicted octanol–water partition coefficient (Wildman–Crippen LogP) is 2.80. The van der Waals surface area contributed by atoms with Gasteiger partial charge in [0, 0.05) is 24.8 Å². The second-order valence-electron chi connectivity index (χ2n) is 4.37. The van der Waals surface area contributed by atoms with Crippen LogP contribution in [0.5, 0.6) is 0 Å². The van der Waals surface area contributed by atoms with Crippen molar-refractivity contribution >= 4 is 17.5 Å². The number of anilines is 1. The molecule has 1 N–H and O–H groups in total. The number of benzene rings is 1. The number of hydrogen-bond donors (Lipinski definition) is 1. The number of nitrogens with one attached hydrogen (secondary N) is 1. The highest BCUT2D eigenvalue weighted by molar-refractivity contribution is 5.98. The standard InChI is InChI=1S/C12H11F3N2O2/c1-17-6-8-4-7(10(18)5-12(13,14)15)2-3-9(8)16-11(17)19/h2-4H,5-6H2,1H3,(H,16,19). The Morgan fingerprint density at radius 3 is 2.74 bits per heavy atom. The van der Waals surface area contributed by atoms with Crippen LogP contribution in [0, 0.1) is 0 Å². The Morgan fingerprint density at radius 2 is 2.11 bits per heavy atom. The van der Waals surface area contributed by atoms with Crippen molar-refractivity contribution in [3.8, 4) is 0 Å². The second-order valence-corrected chi connectivity index (χ2v) is 4.37. The van der Waals surface area contributed by atoms with Crippen LogP contribution in [0.3, 0.4) is 0 Å². The number of urea groups is 1. The molecule has 0 bridgehead atoms. The van der Waals surface area contributed by atoms with Gasteiger partial charge in [-0.15, -0.1) is 0 Å². The molecule has 1 heterocycles. The lowest BCUT2D eigenvalue weighted by Crippen LogP contribution is -2.35. The van der Waals surface area contributed by atoms with E-state index in [-0.39, 0.29) is 18.1 Å². The SMILES string of the molecule is CN1Cc2cc(C(=O)CC(F)(F)F)ccc2NC1=O. The maximum absolute atomic E-state index is 12.2. The third-order valence-electron chi connectivity index (χ3n) is 2.78. The van der Waals surface area contributed by atoms with Crippen LogP contribution >= 0.6 is 0 Å². The van der Waals surface area contributed by atoms with E-state index in [4.69, 9.17) is 0 Å². The Balaban J connectivity index is 2.24. The number of alkyl halides is 3. The molecular formula is C12H11F3N2O2. The van der Waals surface area contributed by atoms with Crippen molar-refractivity contribution in [3.63, 3.8) is 0 Å². The van der Waals surface area contributed by atoms with E-state index in [1.165, 1.54) is 23.1 Å². The summed E-state index contributed by atoms with van der Waals surface area (Å²) >= 11 is 0. The maximum atomic E-state index is 12.2. The molecule has 0 aromatic heterocycles. The van der Waals surface area contributed by atoms with Gasteiger partial charge in [-0.25, -0.2) is 4.79 Å². The number of fused-ring (bicyclic) bond motifs is 1. The van der Waals surface area contributed by atoms with Gasteiger partial charge in [0.1, 0.15) is 6.42 Å². The molecule has 0 unspecified atom stereocenters. The highest BCUT2D eigenvalue weighted by Crippen LogP contribution is 2.26. The largest absolute Gasteiger partial charge is 0.396 e. The van der Waals surface area contributed by atoms with Crippen LogP contribution in [0.2, 0.25) is 0 Å². The quantitative estimate of drug-likeness (QED) is 0.841. The number of carbonyl (C=O) groups is 2. The van der Waals surface area contributed by atoms with Crippen LogP contribution in [-0.4, -0.2) is 29.9 Å². The van der Waals surface area contributed by atoms with Gasteiger partial charge in [0.2, 0.25) is 0 Å². The average Bonchev–Trinajstić information content (AvgIpc) is 2.27. The summed E-state index contributed by atoms with van der Waals surface area (Å²) in [6, 6.07) is 3.84. The highest BCUT2D eigenvalue weighted by Gasteiger charge is 2.32. The van der Waals surface area contributed by atoms with Crippen LogP contribution in [0.15, 0.2) is 18.2 Å². The Morgan fingerprint density at radius 1 is 1.42 bits per heavy atom. The third kappa shape index (κ3) is 3.04. The Hall–Kier alpha value is -2.05. The van der Waals surface area contributed by atoms with Gasteiger partial charge >= 0.3 is 12.2 Å². The molecule has 19 heavy (non-hydrogen) atoms. The fourth-order valence-corrected chi connectivity index (χ4v) is 1.84. The summed E-state index contributed by atoms with van der Waals surface area (Å²) in [7, 11) is 1.56. The molecule has 0 atom stereocenters. The zero-order chi connectivity index (χ0) is 14.2. The number of carbonyl (C=O) groups excluding carboxylic acids is 2. The highest BCUT2D eigenvalue weighted by atomic mass is 19.4. The lowest BCUT2D eigenvalue weighted by Gasteiger charge is -2.26. The Labute approximate surface area is 107 Å². The van der Waals surface area contributed by atoms with Crippen molar-refractivity contribution in [2.45, 2.75) is 19.1 Å². The van der Waals surface area contributed by atoms with Crippen LogP contribution in [0.1, 0.15) is 22.3 Å². The molecule has 1 aromatic rings. The van der Waals surface area contributed by atoms with Gasteiger partial charge in [-0.1, -0.05) is 0 Å². The van der Waals surface area contributed by atoms with Crippen molar-refractivity contribution in [2.24, 2.45) is 0 Å². The molecule has 1 aliphatic rings. The van der Waals surface area contributed by atoms with Gasteiger partial charge in [0.25, 0.3) is 0 Å². The van der Waals surface area contributed by atoms with Gasteiger partial charge < -0.3 is 10.2 Å². The molecule has 0 spiro atoms.